The number of nitrogens with zero attached hydrogens (tertiary/aromatic N) is 3. The molecular weight excluding hydrogens is 380 g/mol. The molecule has 4 aromatic rings. The highest BCUT2D eigenvalue weighted by molar-refractivity contribution is 7.79. The van der Waals surface area contributed by atoms with E-state index in [1.54, 1.807) is 12.1 Å². The Bertz CT molecular complexity index is 1210. The third-order valence-corrected chi connectivity index (χ3v) is 4.72. The van der Waals surface area contributed by atoms with Gasteiger partial charge in [0.15, 0.2) is 17.3 Å². The molecule has 2 aromatic heterocycles. The van der Waals surface area contributed by atoms with Gasteiger partial charge >= 0.3 is 0 Å². The average molecular weight is 393 g/mol. The Morgan fingerprint density at radius 1 is 1.14 bits per heavy atom. The van der Waals surface area contributed by atoms with Gasteiger partial charge < -0.3 is 15.6 Å². The molecule has 9 nitrogen and oxygen atoms in total. The maximum atomic E-state index is 12.7. The topological polar surface area (TPSA) is 150 Å². The van der Waals surface area contributed by atoms with Gasteiger partial charge in [-0.1, -0.05) is 24.3 Å². The van der Waals surface area contributed by atoms with Gasteiger partial charge in [-0.3, -0.25) is 14.1 Å². The number of aromatic nitrogens is 4. The molecule has 1 amide bonds. The van der Waals surface area contributed by atoms with Crippen LogP contribution in [-0.2, 0) is 11.1 Å². The molecule has 28 heavy (non-hydrogen) atoms. The number of amides is 1. The third kappa shape index (κ3) is 3.33. The van der Waals surface area contributed by atoms with Gasteiger partial charge in [-0.2, -0.15) is 5.10 Å². The van der Waals surface area contributed by atoms with Gasteiger partial charge in [0.25, 0.3) is 5.91 Å². The number of anilines is 2. The maximum absolute atomic E-state index is 12.7. The number of hydrogen-bond donors (Lipinski definition) is 3. The molecule has 1 unspecified atom stereocenters. The Balaban J connectivity index is 1.65. The summed E-state index contributed by atoms with van der Waals surface area (Å²) in [6, 6.07) is 13.4. The van der Waals surface area contributed by atoms with Crippen molar-refractivity contribution in [1.29, 1.82) is 0 Å². The zero-order chi connectivity index (χ0) is 19.7. The van der Waals surface area contributed by atoms with Gasteiger partial charge in [0, 0.05) is 15.8 Å². The lowest BCUT2D eigenvalue weighted by atomic mass is 10.1. The molecule has 0 spiro atoms. The molecular formula is C18H13N6O3S-. The highest BCUT2D eigenvalue weighted by Crippen LogP contribution is 2.23. The summed E-state index contributed by atoms with van der Waals surface area (Å²) in [6.45, 7) is 0. The van der Waals surface area contributed by atoms with E-state index in [0.29, 0.717) is 17.1 Å². The van der Waals surface area contributed by atoms with E-state index in [-0.39, 0.29) is 16.4 Å². The van der Waals surface area contributed by atoms with Crippen molar-refractivity contribution in [3.8, 4) is 11.3 Å². The molecule has 0 radical (unpaired) electrons. The summed E-state index contributed by atoms with van der Waals surface area (Å²) in [6.07, 6.45) is 1.42. The zero-order valence-corrected chi connectivity index (χ0v) is 15.1. The smallest absolute Gasteiger partial charge is 0.279 e. The molecule has 2 heterocycles. The molecule has 0 aliphatic rings. The van der Waals surface area contributed by atoms with Crippen molar-refractivity contribution in [2.24, 2.45) is 0 Å². The van der Waals surface area contributed by atoms with Gasteiger partial charge in [-0.05, 0) is 35.3 Å². The lowest BCUT2D eigenvalue weighted by Crippen LogP contribution is -2.17. The number of para-hydroxylation sites is 1. The van der Waals surface area contributed by atoms with Crippen LogP contribution in [0.1, 0.15) is 10.5 Å². The molecule has 0 aliphatic heterocycles. The van der Waals surface area contributed by atoms with Crippen molar-refractivity contribution < 1.29 is 13.6 Å². The molecule has 0 fully saturated rings. The number of hydrogen-bond acceptors (Lipinski definition) is 7. The van der Waals surface area contributed by atoms with Gasteiger partial charge in [0.1, 0.15) is 0 Å². The Morgan fingerprint density at radius 3 is 2.64 bits per heavy atom. The van der Waals surface area contributed by atoms with Crippen molar-refractivity contribution in [2.75, 3.05) is 11.1 Å². The highest BCUT2D eigenvalue weighted by Gasteiger charge is 2.17. The quantitative estimate of drug-likeness (QED) is 0.449. The van der Waals surface area contributed by atoms with Gasteiger partial charge in [-0.15, -0.1) is 0 Å². The number of H-pyrrole nitrogens is 1. The van der Waals surface area contributed by atoms with Crippen LogP contribution in [-0.4, -0.2) is 34.8 Å². The van der Waals surface area contributed by atoms with Crippen molar-refractivity contribution in [3.63, 3.8) is 0 Å². The fourth-order valence-corrected chi connectivity index (χ4v) is 3.03. The predicted octanol–water partition coefficient (Wildman–Crippen LogP) is 2.09. The van der Waals surface area contributed by atoms with E-state index in [0.717, 1.165) is 10.9 Å². The van der Waals surface area contributed by atoms with Gasteiger partial charge in [-0.25, -0.2) is 9.97 Å². The van der Waals surface area contributed by atoms with Crippen molar-refractivity contribution in [3.05, 3.63) is 60.4 Å². The summed E-state index contributed by atoms with van der Waals surface area (Å²) >= 11 is -2.32. The summed E-state index contributed by atoms with van der Waals surface area (Å²) in [5.41, 5.74) is 7.54. The second-order valence-electron chi connectivity index (χ2n) is 5.82. The van der Waals surface area contributed by atoms with Crippen molar-refractivity contribution >= 4 is 39.5 Å². The van der Waals surface area contributed by atoms with Crippen LogP contribution in [0.15, 0.2) is 59.6 Å². The standard InChI is InChI=1S/C18H14N6O3S/c19-16-15(18(25)22-17-12-3-1-2-4-13(12)23-24-17)21-14(9-20-16)10-5-7-11(8-6-10)28(26)27/h1-9H,(H2,19,20)(H,26,27)(H2,22,23,24,25)/p-1. The first kappa shape index (κ1) is 17.8. The van der Waals surface area contributed by atoms with Crippen LogP contribution in [0.4, 0.5) is 11.6 Å². The highest BCUT2D eigenvalue weighted by atomic mass is 32.2. The number of rotatable bonds is 4. The number of nitrogens with two attached hydrogens (primary N) is 1. The second kappa shape index (κ2) is 7.18. The predicted molar refractivity (Wildman–Crippen MR) is 103 cm³/mol. The third-order valence-electron chi connectivity index (χ3n) is 4.06. The fourth-order valence-electron chi connectivity index (χ4n) is 2.67. The molecule has 0 bridgehead atoms. The summed E-state index contributed by atoms with van der Waals surface area (Å²) < 4.78 is 22.0. The first-order valence-electron chi connectivity index (χ1n) is 8.09. The van der Waals surface area contributed by atoms with Crippen LogP contribution < -0.4 is 11.1 Å². The number of aromatic amines is 1. The van der Waals surface area contributed by atoms with Gasteiger partial charge in [0.2, 0.25) is 0 Å². The molecule has 4 rings (SSSR count). The monoisotopic (exact) mass is 393 g/mol. The fraction of sp³-hybridized carbons (Fsp3) is 0. The lowest BCUT2D eigenvalue weighted by molar-refractivity contribution is 0.102. The molecule has 4 N–H and O–H groups in total. The summed E-state index contributed by atoms with van der Waals surface area (Å²) in [5.74, 6) is -0.228. The van der Waals surface area contributed by atoms with E-state index >= 15 is 0 Å². The second-order valence-corrected chi connectivity index (χ2v) is 6.76. The Hall–Kier alpha value is -3.63. The zero-order valence-electron chi connectivity index (χ0n) is 14.2. The van der Waals surface area contributed by atoms with E-state index in [1.165, 1.54) is 18.3 Å². The van der Waals surface area contributed by atoms with Crippen molar-refractivity contribution in [1.82, 2.24) is 20.2 Å². The SMILES string of the molecule is Nc1ncc(-c2ccc(S(=O)[O-])cc2)nc1C(=O)Nc1n[nH]c2ccccc12. The summed E-state index contributed by atoms with van der Waals surface area (Å²) in [5, 5.41) is 10.4. The Morgan fingerprint density at radius 2 is 1.89 bits per heavy atom. The normalized spacial score (nSPS) is 12.0. The first-order chi connectivity index (χ1) is 13.5. The van der Waals surface area contributed by atoms with Crippen LogP contribution in [0.25, 0.3) is 22.2 Å². The maximum Gasteiger partial charge on any atom is 0.279 e. The number of carbonyl (C=O) groups excluding carboxylic acids is 1. The van der Waals surface area contributed by atoms with Crippen molar-refractivity contribution in [2.45, 2.75) is 4.90 Å². The molecule has 10 heteroatoms. The minimum absolute atomic E-state index is 0.0293. The Labute approximate surface area is 161 Å². The summed E-state index contributed by atoms with van der Waals surface area (Å²) in [7, 11) is 0. The molecule has 2 aromatic carbocycles. The first-order valence-corrected chi connectivity index (χ1v) is 9.17. The Kier molecular flexibility index (Phi) is 4.55. The van der Waals surface area contributed by atoms with Crippen LogP contribution in [0.2, 0.25) is 0 Å². The molecule has 0 saturated heterocycles. The number of nitrogens with one attached hydrogen (secondary N) is 2. The number of carbonyl (C=O) groups is 1. The van der Waals surface area contributed by atoms with Crippen LogP contribution >= 0.6 is 0 Å². The number of benzene rings is 2. The van der Waals surface area contributed by atoms with Gasteiger partial charge in [0.05, 0.1) is 17.4 Å². The number of fused-ring (bicyclic) bond motifs is 1. The largest absolute Gasteiger partial charge is 0.768 e. The van der Waals surface area contributed by atoms with E-state index in [9.17, 15) is 13.6 Å². The minimum Gasteiger partial charge on any atom is -0.768 e. The molecule has 140 valence electrons. The van der Waals surface area contributed by atoms with E-state index in [4.69, 9.17) is 5.73 Å². The van der Waals surface area contributed by atoms with E-state index in [1.807, 2.05) is 24.3 Å². The van der Waals surface area contributed by atoms with E-state index < -0.39 is 17.0 Å². The number of nitrogen functional groups attached to an aromatic ring is 1. The van der Waals surface area contributed by atoms with Crippen LogP contribution in [0, 0.1) is 0 Å². The van der Waals surface area contributed by atoms with E-state index in [2.05, 4.69) is 25.5 Å². The summed E-state index contributed by atoms with van der Waals surface area (Å²) in [4.78, 5) is 21.1. The molecule has 0 saturated carbocycles. The lowest BCUT2D eigenvalue weighted by Gasteiger charge is -2.09. The molecule has 1 atom stereocenters. The molecule has 0 aliphatic carbocycles. The average Bonchev–Trinajstić information content (AvgIpc) is 3.11. The van der Waals surface area contributed by atoms with Crippen LogP contribution in [0.5, 0.6) is 0 Å². The minimum atomic E-state index is -2.32. The van der Waals surface area contributed by atoms with Crippen LogP contribution in [0.3, 0.4) is 0 Å².